The molecule has 1 aromatic heterocycles. The fourth-order valence-electron chi connectivity index (χ4n) is 2.15. The second kappa shape index (κ2) is 7.85. The molecule has 0 spiro atoms. The number of aromatic nitrogens is 2. The maximum absolute atomic E-state index is 12.0. The molecule has 0 unspecified atom stereocenters. The Morgan fingerprint density at radius 2 is 1.96 bits per heavy atom. The molecule has 0 aliphatic rings. The van der Waals surface area contributed by atoms with Crippen LogP contribution in [0, 0.1) is 11.3 Å². The van der Waals surface area contributed by atoms with Crippen molar-refractivity contribution in [1.29, 1.82) is 5.26 Å². The van der Waals surface area contributed by atoms with Crippen LogP contribution in [0.1, 0.15) is 18.2 Å². The number of hydrogen-bond donors (Lipinski definition) is 1. The van der Waals surface area contributed by atoms with Crippen LogP contribution in [-0.4, -0.2) is 28.2 Å². The number of nitriles is 1. The number of hydrogen-bond acceptors (Lipinski definition) is 6. The van der Waals surface area contributed by atoms with Gasteiger partial charge in [0.1, 0.15) is 11.4 Å². The first-order chi connectivity index (χ1) is 12.7. The highest BCUT2D eigenvalue weighted by Crippen LogP contribution is 2.13. The summed E-state index contributed by atoms with van der Waals surface area (Å²) >= 11 is 0. The molecule has 3 rings (SSSR count). The van der Waals surface area contributed by atoms with Gasteiger partial charge in [-0.25, -0.2) is 10.4 Å². The third-order valence-corrected chi connectivity index (χ3v) is 3.50. The molecule has 0 saturated carbocycles. The third kappa shape index (κ3) is 4.19. The SMILES string of the molecule is C[C@@H](Oc1ccc(C#N)cc1)C(=O)N/N=C\c1cnc2ccccc2n1. The first-order valence-corrected chi connectivity index (χ1v) is 7.87. The van der Waals surface area contributed by atoms with Crippen molar-refractivity contribution in [3.63, 3.8) is 0 Å². The van der Waals surface area contributed by atoms with E-state index in [4.69, 9.17) is 10.00 Å². The van der Waals surface area contributed by atoms with Crippen LogP contribution < -0.4 is 10.2 Å². The molecule has 1 N–H and O–H groups in total. The molecule has 128 valence electrons. The molecule has 2 aromatic carbocycles. The van der Waals surface area contributed by atoms with Crippen LogP contribution in [-0.2, 0) is 4.79 Å². The number of hydrazone groups is 1. The highest BCUT2D eigenvalue weighted by molar-refractivity contribution is 5.85. The standard InChI is InChI=1S/C19H15N5O2/c1-13(26-16-8-6-14(10-20)7-9-16)19(25)24-22-12-15-11-21-17-4-2-3-5-18(17)23-15/h2-9,11-13H,1H3,(H,24,25)/b22-12-/t13-/m1/s1. The van der Waals surface area contributed by atoms with Gasteiger partial charge in [0.05, 0.1) is 35.1 Å². The van der Waals surface area contributed by atoms with Gasteiger partial charge < -0.3 is 4.74 Å². The molecule has 1 amide bonds. The monoisotopic (exact) mass is 345 g/mol. The van der Waals surface area contributed by atoms with Crippen LogP contribution >= 0.6 is 0 Å². The van der Waals surface area contributed by atoms with Crippen LogP contribution in [0.3, 0.4) is 0 Å². The van der Waals surface area contributed by atoms with Gasteiger partial charge in [0.15, 0.2) is 6.10 Å². The van der Waals surface area contributed by atoms with E-state index in [1.807, 2.05) is 30.3 Å². The third-order valence-electron chi connectivity index (χ3n) is 3.50. The highest BCUT2D eigenvalue weighted by atomic mass is 16.5. The minimum absolute atomic E-state index is 0.403. The molecule has 3 aromatic rings. The molecule has 7 nitrogen and oxygen atoms in total. The maximum Gasteiger partial charge on any atom is 0.280 e. The van der Waals surface area contributed by atoms with E-state index in [1.165, 1.54) is 6.21 Å². The van der Waals surface area contributed by atoms with E-state index in [0.29, 0.717) is 17.0 Å². The number of fused-ring (bicyclic) bond motifs is 1. The van der Waals surface area contributed by atoms with Gasteiger partial charge in [-0.05, 0) is 43.3 Å². The van der Waals surface area contributed by atoms with Gasteiger partial charge >= 0.3 is 0 Å². The Balaban J connectivity index is 1.57. The first kappa shape index (κ1) is 17.0. The lowest BCUT2D eigenvalue weighted by atomic mass is 10.2. The number of carbonyl (C=O) groups is 1. The van der Waals surface area contributed by atoms with Crippen molar-refractivity contribution < 1.29 is 9.53 Å². The zero-order valence-electron chi connectivity index (χ0n) is 14.0. The minimum atomic E-state index is -0.747. The van der Waals surface area contributed by atoms with Crippen LogP contribution in [0.25, 0.3) is 11.0 Å². The smallest absolute Gasteiger partial charge is 0.280 e. The van der Waals surface area contributed by atoms with Crippen LogP contribution in [0.4, 0.5) is 0 Å². The van der Waals surface area contributed by atoms with Crippen LogP contribution in [0.2, 0.25) is 0 Å². The lowest BCUT2D eigenvalue weighted by molar-refractivity contribution is -0.127. The molecule has 1 heterocycles. The second-order valence-electron chi connectivity index (χ2n) is 5.41. The number of nitrogens with zero attached hydrogens (tertiary/aromatic N) is 4. The Kier molecular flexibility index (Phi) is 5.15. The Hall–Kier alpha value is -3.79. The largest absolute Gasteiger partial charge is 0.481 e. The molecule has 0 aliphatic heterocycles. The van der Waals surface area contributed by atoms with E-state index in [0.717, 1.165) is 11.0 Å². The van der Waals surface area contributed by atoms with Gasteiger partial charge in [0.25, 0.3) is 5.91 Å². The van der Waals surface area contributed by atoms with Crippen molar-refractivity contribution in [2.24, 2.45) is 5.10 Å². The number of para-hydroxylation sites is 2. The molecule has 26 heavy (non-hydrogen) atoms. The quantitative estimate of drug-likeness (QED) is 0.565. The van der Waals surface area contributed by atoms with Crippen molar-refractivity contribution in [3.8, 4) is 11.8 Å². The Labute approximate surface area is 150 Å². The number of amides is 1. The van der Waals surface area contributed by atoms with Crippen molar-refractivity contribution in [2.75, 3.05) is 0 Å². The van der Waals surface area contributed by atoms with E-state index >= 15 is 0 Å². The highest BCUT2D eigenvalue weighted by Gasteiger charge is 2.13. The molecule has 0 radical (unpaired) electrons. The van der Waals surface area contributed by atoms with E-state index in [9.17, 15) is 4.79 Å². The molecular weight excluding hydrogens is 330 g/mol. The topological polar surface area (TPSA) is 100 Å². The summed E-state index contributed by atoms with van der Waals surface area (Å²) in [6.07, 6.45) is 2.25. The molecule has 0 saturated heterocycles. The summed E-state index contributed by atoms with van der Waals surface area (Å²) in [6, 6.07) is 16.0. The van der Waals surface area contributed by atoms with Gasteiger partial charge in [0.2, 0.25) is 0 Å². The number of carbonyl (C=O) groups excluding carboxylic acids is 1. The van der Waals surface area contributed by atoms with E-state index < -0.39 is 12.0 Å². The lowest BCUT2D eigenvalue weighted by Gasteiger charge is -2.12. The van der Waals surface area contributed by atoms with E-state index in [-0.39, 0.29) is 0 Å². The summed E-state index contributed by atoms with van der Waals surface area (Å²) < 4.78 is 5.51. The second-order valence-corrected chi connectivity index (χ2v) is 5.41. The zero-order chi connectivity index (χ0) is 18.4. The average molecular weight is 345 g/mol. The molecule has 7 heteroatoms. The molecule has 0 bridgehead atoms. The van der Waals surface area contributed by atoms with Gasteiger partial charge in [-0.1, -0.05) is 12.1 Å². The van der Waals surface area contributed by atoms with Crippen molar-refractivity contribution >= 4 is 23.2 Å². The number of nitrogens with one attached hydrogen (secondary N) is 1. The predicted molar refractivity (Wildman–Crippen MR) is 96.5 cm³/mol. The first-order valence-electron chi connectivity index (χ1n) is 7.87. The maximum atomic E-state index is 12.0. The Bertz CT molecular complexity index is 993. The van der Waals surface area contributed by atoms with Crippen molar-refractivity contribution in [1.82, 2.24) is 15.4 Å². The van der Waals surface area contributed by atoms with Crippen LogP contribution in [0.5, 0.6) is 5.75 Å². The normalized spacial score (nSPS) is 11.8. The molecular formula is C19H15N5O2. The van der Waals surface area contributed by atoms with Crippen molar-refractivity contribution in [3.05, 3.63) is 66.0 Å². The lowest BCUT2D eigenvalue weighted by Crippen LogP contribution is -2.33. The van der Waals surface area contributed by atoms with E-state index in [2.05, 4.69) is 20.5 Å². The fourth-order valence-corrected chi connectivity index (χ4v) is 2.15. The summed E-state index contributed by atoms with van der Waals surface area (Å²) in [5.41, 5.74) is 5.00. The molecule has 0 fully saturated rings. The predicted octanol–water partition coefficient (Wildman–Crippen LogP) is 2.42. The summed E-state index contributed by atoms with van der Waals surface area (Å²) in [7, 11) is 0. The number of benzene rings is 2. The summed E-state index contributed by atoms with van der Waals surface area (Å²) in [5.74, 6) is 0.0929. The van der Waals surface area contributed by atoms with Gasteiger partial charge in [-0.15, -0.1) is 0 Å². The van der Waals surface area contributed by atoms with Crippen molar-refractivity contribution in [2.45, 2.75) is 13.0 Å². The van der Waals surface area contributed by atoms with Gasteiger partial charge in [-0.3, -0.25) is 9.78 Å². The fraction of sp³-hybridized carbons (Fsp3) is 0.105. The Morgan fingerprint density at radius 3 is 2.69 bits per heavy atom. The van der Waals surface area contributed by atoms with Crippen LogP contribution in [0.15, 0.2) is 59.8 Å². The summed E-state index contributed by atoms with van der Waals surface area (Å²) in [5, 5.41) is 12.7. The number of rotatable bonds is 5. The minimum Gasteiger partial charge on any atom is -0.481 e. The zero-order valence-corrected chi connectivity index (χ0v) is 14.0. The van der Waals surface area contributed by atoms with E-state index in [1.54, 1.807) is 37.4 Å². The summed E-state index contributed by atoms with van der Waals surface area (Å²) in [6.45, 7) is 1.61. The number of ether oxygens (including phenoxy) is 1. The summed E-state index contributed by atoms with van der Waals surface area (Å²) in [4.78, 5) is 20.7. The Morgan fingerprint density at radius 1 is 1.23 bits per heavy atom. The van der Waals surface area contributed by atoms with Gasteiger partial charge in [-0.2, -0.15) is 10.4 Å². The molecule has 1 atom stereocenters. The average Bonchev–Trinajstić information content (AvgIpc) is 2.68. The van der Waals surface area contributed by atoms with Gasteiger partial charge in [0, 0.05) is 0 Å². The molecule has 0 aliphatic carbocycles.